The van der Waals surface area contributed by atoms with Crippen LogP contribution in [-0.4, -0.2) is 62.1 Å². The molecule has 0 N–H and O–H groups in total. The maximum absolute atomic E-state index is 13.0. The number of hydrogen-bond acceptors (Lipinski definition) is 6. The molecule has 0 aliphatic carbocycles. The van der Waals surface area contributed by atoms with Gasteiger partial charge < -0.3 is 23.4 Å². The van der Waals surface area contributed by atoms with Crippen molar-refractivity contribution in [1.82, 2.24) is 0 Å². The van der Waals surface area contributed by atoms with E-state index in [1.807, 2.05) is 51.1 Å². The van der Waals surface area contributed by atoms with Gasteiger partial charge in [-0.25, -0.2) is 4.79 Å². The van der Waals surface area contributed by atoms with Crippen molar-refractivity contribution in [2.45, 2.75) is 102 Å². The standard InChI is InChI=1S/C27H43IO6Si/c1-19(34-35(8,9)26(2,3)4)21(30-7)15-16-22(31-25(29)20-13-11-10-12-14-20)24-23(17-18-28)32-27(5,6)33-24/h10-16,19,21-24H,17-18H2,1-9H3/t19-,21+,22?,23-,24+/m0/s1. The number of esters is 1. The highest BCUT2D eigenvalue weighted by molar-refractivity contribution is 14.1. The number of ether oxygens (including phenoxy) is 4. The SMILES string of the molecule is CO[C@H](C=CC(OC(=O)c1ccccc1)[C@H]1OC(C)(C)O[C@H]1CCI)[C@H](C)O[Si](C)(C)C(C)(C)C. The van der Waals surface area contributed by atoms with Crippen LogP contribution in [0.1, 0.15) is 58.3 Å². The van der Waals surface area contributed by atoms with Crippen molar-refractivity contribution in [3.05, 3.63) is 48.0 Å². The summed E-state index contributed by atoms with van der Waals surface area (Å²) in [6.07, 6.45) is 2.85. The monoisotopic (exact) mass is 618 g/mol. The van der Waals surface area contributed by atoms with Crippen LogP contribution in [0.15, 0.2) is 42.5 Å². The largest absolute Gasteiger partial charge is 0.452 e. The molecule has 5 atom stereocenters. The summed E-state index contributed by atoms with van der Waals surface area (Å²) in [6.45, 7) is 16.9. The Morgan fingerprint density at radius 3 is 2.34 bits per heavy atom. The Hall–Kier alpha value is -0.783. The van der Waals surface area contributed by atoms with Gasteiger partial charge in [0.2, 0.25) is 0 Å². The van der Waals surface area contributed by atoms with Gasteiger partial charge in [0.15, 0.2) is 14.1 Å². The summed E-state index contributed by atoms with van der Waals surface area (Å²) >= 11 is 2.33. The van der Waals surface area contributed by atoms with Crippen molar-refractivity contribution < 1.29 is 28.2 Å². The van der Waals surface area contributed by atoms with Crippen molar-refractivity contribution in [1.29, 1.82) is 0 Å². The van der Waals surface area contributed by atoms with Gasteiger partial charge in [-0.15, -0.1) is 0 Å². The van der Waals surface area contributed by atoms with Crippen molar-refractivity contribution in [3.8, 4) is 0 Å². The average molecular weight is 619 g/mol. The topological polar surface area (TPSA) is 63.2 Å². The molecule has 1 aliphatic rings. The van der Waals surface area contributed by atoms with Crippen LogP contribution in [0.25, 0.3) is 0 Å². The van der Waals surface area contributed by atoms with Crippen LogP contribution in [0.3, 0.4) is 0 Å². The van der Waals surface area contributed by atoms with Gasteiger partial charge >= 0.3 is 5.97 Å². The van der Waals surface area contributed by atoms with E-state index < -0.39 is 32.3 Å². The molecule has 6 nitrogen and oxygen atoms in total. The third-order valence-electron chi connectivity index (χ3n) is 6.70. The van der Waals surface area contributed by atoms with Gasteiger partial charge in [0.25, 0.3) is 0 Å². The number of benzene rings is 1. The molecular weight excluding hydrogens is 575 g/mol. The number of halogens is 1. The minimum absolute atomic E-state index is 0.0876. The van der Waals surface area contributed by atoms with Crippen LogP contribution in [0.5, 0.6) is 0 Å². The highest BCUT2D eigenvalue weighted by atomic mass is 127. The van der Waals surface area contributed by atoms with Gasteiger partial charge in [-0.1, -0.05) is 67.6 Å². The molecule has 1 fully saturated rings. The van der Waals surface area contributed by atoms with E-state index in [0.29, 0.717) is 5.56 Å². The molecule has 0 amide bonds. The quantitative estimate of drug-likeness (QED) is 0.0924. The Morgan fingerprint density at radius 2 is 1.80 bits per heavy atom. The second kappa shape index (κ2) is 12.6. The van der Waals surface area contributed by atoms with Gasteiger partial charge in [-0.05, 0) is 63.5 Å². The van der Waals surface area contributed by atoms with Crippen LogP contribution < -0.4 is 0 Å². The van der Waals surface area contributed by atoms with Crippen molar-refractivity contribution in [3.63, 3.8) is 0 Å². The Bertz CT molecular complexity index is 836. The summed E-state index contributed by atoms with van der Waals surface area (Å²) in [4.78, 5) is 13.0. The minimum atomic E-state index is -1.98. The van der Waals surface area contributed by atoms with E-state index in [1.54, 1.807) is 19.2 Å². The fourth-order valence-electron chi connectivity index (χ4n) is 3.81. The van der Waals surface area contributed by atoms with E-state index in [4.69, 9.17) is 23.4 Å². The smallest absolute Gasteiger partial charge is 0.338 e. The molecule has 1 aliphatic heterocycles. The van der Waals surface area contributed by atoms with E-state index in [0.717, 1.165) is 10.8 Å². The predicted molar refractivity (Wildman–Crippen MR) is 151 cm³/mol. The zero-order chi connectivity index (χ0) is 26.4. The van der Waals surface area contributed by atoms with E-state index in [9.17, 15) is 4.79 Å². The van der Waals surface area contributed by atoms with Crippen molar-refractivity contribution >= 4 is 36.9 Å². The molecule has 0 bridgehead atoms. The molecule has 2 rings (SSSR count). The first-order valence-corrected chi connectivity index (χ1v) is 16.7. The molecule has 35 heavy (non-hydrogen) atoms. The van der Waals surface area contributed by atoms with Crippen LogP contribution >= 0.6 is 22.6 Å². The van der Waals surface area contributed by atoms with Gasteiger partial charge in [-0.2, -0.15) is 0 Å². The first-order valence-electron chi connectivity index (χ1n) is 12.3. The van der Waals surface area contributed by atoms with Gasteiger partial charge in [0.1, 0.15) is 12.2 Å². The molecule has 1 aromatic rings. The maximum Gasteiger partial charge on any atom is 0.338 e. The maximum atomic E-state index is 13.0. The van der Waals surface area contributed by atoms with E-state index in [1.165, 1.54) is 0 Å². The molecule has 1 saturated heterocycles. The summed E-state index contributed by atoms with van der Waals surface area (Å²) in [5.41, 5.74) is 0.493. The molecule has 1 heterocycles. The van der Waals surface area contributed by atoms with Gasteiger partial charge in [-0.3, -0.25) is 0 Å². The van der Waals surface area contributed by atoms with Crippen LogP contribution in [0, 0.1) is 0 Å². The lowest BCUT2D eigenvalue weighted by atomic mass is 10.0. The third-order valence-corrected chi connectivity index (χ3v) is 11.9. The van der Waals surface area contributed by atoms with Gasteiger partial charge in [0.05, 0.1) is 23.9 Å². The normalized spacial score (nSPS) is 23.3. The summed E-state index contributed by atoms with van der Waals surface area (Å²) in [5, 5.41) is 0.0876. The lowest BCUT2D eigenvalue weighted by molar-refractivity contribution is -0.153. The molecule has 1 aromatic carbocycles. The lowest BCUT2D eigenvalue weighted by Crippen LogP contribution is -2.46. The summed E-state index contributed by atoms with van der Waals surface area (Å²) in [6, 6.07) is 9.00. The Morgan fingerprint density at radius 1 is 1.17 bits per heavy atom. The van der Waals surface area contributed by atoms with E-state index in [-0.39, 0.29) is 23.4 Å². The molecule has 0 aromatic heterocycles. The third kappa shape index (κ3) is 8.64. The zero-order valence-corrected chi connectivity index (χ0v) is 25.8. The fraction of sp³-hybridized carbons (Fsp3) is 0.667. The number of hydrogen-bond donors (Lipinski definition) is 0. The first kappa shape index (κ1) is 30.4. The first-order chi connectivity index (χ1) is 16.2. The molecule has 0 radical (unpaired) electrons. The number of methoxy groups -OCH3 is 1. The Balaban J connectivity index is 2.30. The molecule has 0 spiro atoms. The molecule has 0 saturated carbocycles. The summed E-state index contributed by atoms with van der Waals surface area (Å²) in [7, 11) is -0.315. The molecule has 1 unspecified atom stereocenters. The second-order valence-corrected chi connectivity index (χ2v) is 16.9. The van der Waals surface area contributed by atoms with Crippen molar-refractivity contribution in [2.24, 2.45) is 0 Å². The minimum Gasteiger partial charge on any atom is -0.452 e. The number of rotatable bonds is 11. The molecule has 8 heteroatoms. The predicted octanol–water partition coefficient (Wildman–Crippen LogP) is 6.54. The second-order valence-electron chi connectivity index (χ2n) is 11.0. The average Bonchev–Trinajstić information content (AvgIpc) is 3.07. The Kier molecular flexibility index (Phi) is 11.0. The number of alkyl halides is 1. The van der Waals surface area contributed by atoms with E-state index >= 15 is 0 Å². The summed E-state index contributed by atoms with van der Waals surface area (Å²) < 4.78 is 31.6. The Labute approximate surface area is 226 Å². The van der Waals surface area contributed by atoms with Crippen LogP contribution in [0.2, 0.25) is 18.1 Å². The lowest BCUT2D eigenvalue weighted by Gasteiger charge is -2.39. The highest BCUT2D eigenvalue weighted by Crippen LogP contribution is 2.38. The van der Waals surface area contributed by atoms with Crippen molar-refractivity contribution in [2.75, 3.05) is 11.5 Å². The molecular formula is C27H43IO6Si. The van der Waals surface area contributed by atoms with Crippen LogP contribution in [-0.2, 0) is 23.4 Å². The summed E-state index contributed by atoms with van der Waals surface area (Å²) in [5.74, 6) is -1.16. The highest BCUT2D eigenvalue weighted by Gasteiger charge is 2.46. The van der Waals surface area contributed by atoms with Crippen LogP contribution in [0.4, 0.5) is 0 Å². The fourth-order valence-corrected chi connectivity index (χ4v) is 5.84. The van der Waals surface area contributed by atoms with E-state index in [2.05, 4.69) is 56.5 Å². The number of carbonyl (C=O) groups is 1. The number of carbonyl (C=O) groups excluding carboxylic acids is 1. The molecule has 198 valence electrons. The van der Waals surface area contributed by atoms with Gasteiger partial charge in [0, 0.05) is 11.5 Å². The zero-order valence-electron chi connectivity index (χ0n) is 22.7.